The monoisotopic (exact) mass is 236 g/mol. The Kier molecular flexibility index (Phi) is 4.66. The van der Waals surface area contributed by atoms with Gasteiger partial charge in [0.2, 0.25) is 0 Å². The standard InChI is InChI=1S/C12H16N2O3/c1-9(15)10-6-4-5-7-11(10)13-8-12(16)14(2)17-3/h4-7,13H,8H2,1-3H3. The minimum absolute atomic E-state index is 0.0411. The molecule has 0 unspecified atom stereocenters. The van der Waals surface area contributed by atoms with Crippen LogP contribution in [-0.4, -0.2) is 37.5 Å². The molecule has 1 aromatic rings. The van der Waals surface area contributed by atoms with Gasteiger partial charge in [0.05, 0.1) is 13.7 Å². The summed E-state index contributed by atoms with van der Waals surface area (Å²) in [6, 6.07) is 7.07. The minimum atomic E-state index is -0.217. The van der Waals surface area contributed by atoms with Gasteiger partial charge in [-0.15, -0.1) is 0 Å². The Morgan fingerprint density at radius 2 is 2.00 bits per heavy atom. The SMILES string of the molecule is CON(C)C(=O)CNc1ccccc1C(C)=O. The van der Waals surface area contributed by atoms with Crippen LogP contribution >= 0.6 is 0 Å². The fraction of sp³-hybridized carbons (Fsp3) is 0.333. The summed E-state index contributed by atoms with van der Waals surface area (Å²) < 4.78 is 0. The van der Waals surface area contributed by atoms with Crippen LogP contribution in [0.2, 0.25) is 0 Å². The predicted octanol–water partition coefficient (Wildman–Crippen LogP) is 1.32. The van der Waals surface area contributed by atoms with Gasteiger partial charge in [-0.2, -0.15) is 0 Å². The maximum Gasteiger partial charge on any atom is 0.265 e. The van der Waals surface area contributed by atoms with Crippen molar-refractivity contribution in [3.63, 3.8) is 0 Å². The first-order valence-corrected chi connectivity index (χ1v) is 5.20. The maximum absolute atomic E-state index is 11.5. The number of para-hydroxylation sites is 1. The van der Waals surface area contributed by atoms with Gasteiger partial charge >= 0.3 is 0 Å². The van der Waals surface area contributed by atoms with Crippen molar-refractivity contribution < 1.29 is 14.4 Å². The first-order valence-electron chi connectivity index (χ1n) is 5.20. The summed E-state index contributed by atoms with van der Waals surface area (Å²) in [6.45, 7) is 1.57. The van der Waals surface area contributed by atoms with Crippen LogP contribution < -0.4 is 5.32 Å². The molecule has 0 radical (unpaired) electrons. The number of nitrogens with one attached hydrogen (secondary N) is 1. The number of amides is 1. The molecular formula is C12H16N2O3. The quantitative estimate of drug-likeness (QED) is 0.618. The number of carbonyl (C=O) groups is 2. The highest BCUT2D eigenvalue weighted by Crippen LogP contribution is 2.15. The van der Waals surface area contributed by atoms with Crippen LogP contribution in [0.5, 0.6) is 0 Å². The molecule has 0 saturated heterocycles. The lowest BCUT2D eigenvalue weighted by Crippen LogP contribution is -2.31. The fourth-order valence-corrected chi connectivity index (χ4v) is 1.33. The van der Waals surface area contributed by atoms with E-state index in [1.807, 2.05) is 0 Å². The van der Waals surface area contributed by atoms with Crippen LogP contribution in [0, 0.1) is 0 Å². The summed E-state index contributed by atoms with van der Waals surface area (Å²) in [6.07, 6.45) is 0. The Morgan fingerprint density at radius 3 is 2.59 bits per heavy atom. The van der Waals surface area contributed by atoms with E-state index in [0.717, 1.165) is 5.06 Å². The zero-order chi connectivity index (χ0) is 12.8. The van der Waals surface area contributed by atoms with Gasteiger partial charge in [-0.05, 0) is 19.1 Å². The van der Waals surface area contributed by atoms with Crippen molar-refractivity contribution in [2.75, 3.05) is 26.0 Å². The van der Waals surface area contributed by atoms with Crippen molar-refractivity contribution in [2.45, 2.75) is 6.92 Å². The van der Waals surface area contributed by atoms with Crippen molar-refractivity contribution in [3.05, 3.63) is 29.8 Å². The first-order chi connectivity index (χ1) is 8.06. The third-order valence-corrected chi connectivity index (χ3v) is 2.36. The molecule has 0 aliphatic rings. The number of hydrogen-bond acceptors (Lipinski definition) is 4. The summed E-state index contributed by atoms with van der Waals surface area (Å²) in [5.41, 5.74) is 1.22. The van der Waals surface area contributed by atoms with E-state index in [1.165, 1.54) is 21.1 Å². The predicted molar refractivity (Wildman–Crippen MR) is 64.7 cm³/mol. The van der Waals surface area contributed by atoms with Crippen molar-refractivity contribution in [2.24, 2.45) is 0 Å². The summed E-state index contributed by atoms with van der Waals surface area (Å²) >= 11 is 0. The third-order valence-electron chi connectivity index (χ3n) is 2.36. The highest BCUT2D eigenvalue weighted by atomic mass is 16.7. The van der Waals surface area contributed by atoms with Gasteiger partial charge in [0, 0.05) is 18.3 Å². The van der Waals surface area contributed by atoms with Crippen LogP contribution in [-0.2, 0) is 9.63 Å². The molecular weight excluding hydrogens is 220 g/mol. The lowest BCUT2D eigenvalue weighted by molar-refractivity contribution is -0.166. The Bertz CT molecular complexity index is 418. The molecule has 92 valence electrons. The molecule has 0 spiro atoms. The summed E-state index contributed by atoms with van der Waals surface area (Å²) in [7, 11) is 2.95. The van der Waals surface area contributed by atoms with E-state index >= 15 is 0 Å². The van der Waals surface area contributed by atoms with Gasteiger partial charge in [-0.25, -0.2) is 5.06 Å². The first kappa shape index (κ1) is 13.2. The molecule has 0 heterocycles. The van der Waals surface area contributed by atoms with Crippen molar-refractivity contribution in [1.29, 1.82) is 0 Å². The average molecular weight is 236 g/mol. The Labute approximate surface area is 100 Å². The number of rotatable bonds is 5. The summed E-state index contributed by atoms with van der Waals surface area (Å²) in [4.78, 5) is 27.6. The van der Waals surface area contributed by atoms with Crippen molar-refractivity contribution in [1.82, 2.24) is 5.06 Å². The highest BCUT2D eigenvalue weighted by Gasteiger charge is 2.10. The third kappa shape index (κ3) is 3.57. The lowest BCUT2D eigenvalue weighted by Gasteiger charge is -2.15. The second kappa shape index (κ2) is 6.00. The van der Waals surface area contributed by atoms with Gasteiger partial charge in [0.25, 0.3) is 5.91 Å². The molecule has 0 atom stereocenters. The van der Waals surface area contributed by atoms with Crippen LogP contribution in [0.25, 0.3) is 0 Å². The van der Waals surface area contributed by atoms with E-state index < -0.39 is 0 Å². The largest absolute Gasteiger partial charge is 0.375 e. The molecule has 0 aliphatic heterocycles. The second-order valence-corrected chi connectivity index (χ2v) is 3.53. The number of benzene rings is 1. The van der Waals surface area contributed by atoms with Crippen LogP contribution in [0.4, 0.5) is 5.69 Å². The molecule has 5 nitrogen and oxygen atoms in total. The zero-order valence-corrected chi connectivity index (χ0v) is 10.2. The molecule has 0 fully saturated rings. The number of likely N-dealkylation sites (N-methyl/N-ethyl adjacent to an activating group) is 1. The van der Waals surface area contributed by atoms with Gasteiger partial charge in [0.15, 0.2) is 5.78 Å². The summed E-state index contributed by atoms with van der Waals surface area (Å²) in [5, 5.41) is 4.05. The van der Waals surface area contributed by atoms with Crippen molar-refractivity contribution >= 4 is 17.4 Å². The smallest absolute Gasteiger partial charge is 0.265 e. The molecule has 0 saturated carbocycles. The zero-order valence-electron chi connectivity index (χ0n) is 10.2. The average Bonchev–Trinajstić information content (AvgIpc) is 2.35. The second-order valence-electron chi connectivity index (χ2n) is 3.53. The van der Waals surface area contributed by atoms with Crippen molar-refractivity contribution in [3.8, 4) is 0 Å². The van der Waals surface area contributed by atoms with Gasteiger partial charge in [0.1, 0.15) is 0 Å². The molecule has 1 amide bonds. The molecule has 0 aliphatic carbocycles. The molecule has 5 heteroatoms. The van der Waals surface area contributed by atoms with Crippen LogP contribution in [0.1, 0.15) is 17.3 Å². The van der Waals surface area contributed by atoms with Gasteiger partial charge in [-0.1, -0.05) is 12.1 Å². The Balaban J connectivity index is 2.69. The van der Waals surface area contributed by atoms with Gasteiger partial charge < -0.3 is 5.32 Å². The Hall–Kier alpha value is -1.88. The fourth-order valence-electron chi connectivity index (χ4n) is 1.33. The highest BCUT2D eigenvalue weighted by molar-refractivity contribution is 5.99. The number of Topliss-reactive ketones (excluding diaryl/α,β-unsaturated/α-hetero) is 1. The van der Waals surface area contributed by atoms with E-state index in [9.17, 15) is 9.59 Å². The van der Waals surface area contributed by atoms with E-state index in [2.05, 4.69) is 5.32 Å². The maximum atomic E-state index is 11.5. The van der Waals surface area contributed by atoms with Crippen LogP contribution in [0.3, 0.4) is 0 Å². The number of hydrogen-bond donors (Lipinski definition) is 1. The van der Waals surface area contributed by atoms with E-state index in [-0.39, 0.29) is 18.2 Å². The Morgan fingerprint density at radius 1 is 1.35 bits per heavy atom. The molecule has 1 N–H and O–H groups in total. The lowest BCUT2D eigenvalue weighted by atomic mass is 10.1. The van der Waals surface area contributed by atoms with E-state index in [1.54, 1.807) is 24.3 Å². The molecule has 1 rings (SSSR count). The summed E-state index contributed by atoms with van der Waals surface area (Å²) in [5.74, 6) is -0.258. The minimum Gasteiger partial charge on any atom is -0.375 e. The van der Waals surface area contributed by atoms with E-state index in [4.69, 9.17) is 4.84 Å². The van der Waals surface area contributed by atoms with Crippen LogP contribution in [0.15, 0.2) is 24.3 Å². The number of carbonyl (C=O) groups excluding carboxylic acids is 2. The molecule has 17 heavy (non-hydrogen) atoms. The molecule has 0 bridgehead atoms. The number of anilines is 1. The number of nitrogens with zero attached hydrogens (tertiary/aromatic N) is 1. The number of ketones is 1. The topological polar surface area (TPSA) is 58.6 Å². The molecule has 0 aromatic heterocycles. The van der Waals surface area contributed by atoms with Gasteiger partial charge in [-0.3, -0.25) is 14.4 Å². The van der Waals surface area contributed by atoms with E-state index in [0.29, 0.717) is 11.3 Å². The number of hydroxylamine groups is 2. The molecule has 1 aromatic carbocycles. The normalized spacial score (nSPS) is 9.82.